The van der Waals surface area contributed by atoms with Crippen molar-refractivity contribution >= 4 is 0 Å². The van der Waals surface area contributed by atoms with Gasteiger partial charge in [-0.1, -0.05) is 6.92 Å². The zero-order chi connectivity index (χ0) is 14.0. The predicted molar refractivity (Wildman–Crippen MR) is 65.3 cm³/mol. The fraction of sp³-hybridized carbons (Fsp3) is 0.571. The van der Waals surface area contributed by atoms with E-state index in [2.05, 4.69) is 0 Å². The minimum absolute atomic E-state index is 0.184. The Kier molecular flexibility index (Phi) is 4.04. The van der Waals surface area contributed by atoms with Crippen molar-refractivity contribution in [1.29, 1.82) is 0 Å². The zero-order valence-electron chi connectivity index (χ0n) is 11.0. The lowest BCUT2D eigenvalue weighted by molar-refractivity contribution is -0.137. The van der Waals surface area contributed by atoms with Crippen molar-refractivity contribution in [2.24, 2.45) is 0 Å². The smallest absolute Gasteiger partial charge is 0.416 e. The third-order valence-electron chi connectivity index (χ3n) is 3.40. The van der Waals surface area contributed by atoms with Gasteiger partial charge in [0.15, 0.2) is 0 Å². The molecule has 1 saturated heterocycles. The number of rotatable bonds is 5. The molecule has 1 fully saturated rings. The van der Waals surface area contributed by atoms with E-state index in [1.807, 2.05) is 6.92 Å². The molecule has 0 saturated carbocycles. The molecular formula is C14H17F3O2. The van der Waals surface area contributed by atoms with Gasteiger partial charge in [-0.05, 0) is 43.0 Å². The first-order valence-electron chi connectivity index (χ1n) is 6.35. The number of alkyl halides is 3. The number of methoxy groups -OCH3 is 1. The summed E-state index contributed by atoms with van der Waals surface area (Å²) in [5, 5.41) is 0. The molecule has 0 aromatic heterocycles. The van der Waals surface area contributed by atoms with Crippen LogP contribution in [-0.2, 0) is 17.3 Å². The highest BCUT2D eigenvalue weighted by molar-refractivity contribution is 5.38. The Morgan fingerprint density at radius 1 is 1.26 bits per heavy atom. The second-order valence-corrected chi connectivity index (χ2v) is 4.68. The first-order chi connectivity index (χ1) is 8.95. The maximum Gasteiger partial charge on any atom is 0.416 e. The quantitative estimate of drug-likeness (QED) is 0.761. The van der Waals surface area contributed by atoms with Crippen LogP contribution in [0.5, 0.6) is 5.75 Å². The molecule has 1 heterocycles. The molecule has 5 heteroatoms. The number of ether oxygens (including phenoxy) is 2. The van der Waals surface area contributed by atoms with Crippen LogP contribution < -0.4 is 4.74 Å². The Morgan fingerprint density at radius 2 is 2.00 bits per heavy atom. The summed E-state index contributed by atoms with van der Waals surface area (Å²) in [5.41, 5.74) is -0.0465. The van der Waals surface area contributed by atoms with Gasteiger partial charge in [0.05, 0.1) is 24.9 Å². The zero-order valence-corrected chi connectivity index (χ0v) is 11.0. The monoisotopic (exact) mass is 274 g/mol. The maximum absolute atomic E-state index is 12.7. The fourth-order valence-electron chi connectivity index (χ4n) is 2.24. The number of aryl methyl sites for hydroxylation is 1. The summed E-state index contributed by atoms with van der Waals surface area (Å²) in [4.78, 5) is 0. The normalized spacial score (nSPS) is 22.4. The van der Waals surface area contributed by atoms with Crippen LogP contribution in [0.3, 0.4) is 0 Å². The van der Waals surface area contributed by atoms with Crippen molar-refractivity contribution in [3.8, 4) is 5.75 Å². The molecule has 106 valence electrons. The van der Waals surface area contributed by atoms with E-state index in [9.17, 15) is 13.2 Å². The molecule has 1 aliphatic heterocycles. The number of hydrogen-bond acceptors (Lipinski definition) is 2. The highest BCUT2D eigenvalue weighted by atomic mass is 19.4. The third-order valence-corrected chi connectivity index (χ3v) is 3.40. The molecule has 1 aromatic rings. The predicted octanol–water partition coefficient (Wildman–Crippen LogP) is 3.82. The average molecular weight is 274 g/mol. The molecule has 2 atom stereocenters. The highest BCUT2D eigenvalue weighted by Crippen LogP contribution is 2.35. The van der Waals surface area contributed by atoms with Crippen molar-refractivity contribution in [2.75, 3.05) is 7.11 Å². The van der Waals surface area contributed by atoms with Gasteiger partial charge in [-0.25, -0.2) is 0 Å². The summed E-state index contributed by atoms with van der Waals surface area (Å²) in [6, 6.07) is 3.59. The molecule has 0 N–H and O–H groups in total. The fourth-order valence-corrected chi connectivity index (χ4v) is 2.24. The average Bonchev–Trinajstić information content (AvgIpc) is 3.13. The van der Waals surface area contributed by atoms with Gasteiger partial charge in [0, 0.05) is 0 Å². The van der Waals surface area contributed by atoms with Gasteiger partial charge in [-0.2, -0.15) is 13.2 Å². The van der Waals surface area contributed by atoms with Gasteiger partial charge in [0.2, 0.25) is 0 Å². The molecule has 0 aliphatic carbocycles. The Hall–Kier alpha value is -1.23. The number of epoxide rings is 1. The summed E-state index contributed by atoms with van der Waals surface area (Å²) < 4.78 is 48.5. The van der Waals surface area contributed by atoms with Crippen LogP contribution in [-0.4, -0.2) is 19.3 Å². The third kappa shape index (κ3) is 3.41. The summed E-state index contributed by atoms with van der Waals surface area (Å²) in [5.74, 6) is 0.502. The van der Waals surface area contributed by atoms with Crippen molar-refractivity contribution < 1.29 is 22.6 Å². The molecule has 0 spiro atoms. The highest BCUT2D eigenvalue weighted by Gasteiger charge is 2.36. The maximum atomic E-state index is 12.7. The van der Waals surface area contributed by atoms with Gasteiger partial charge < -0.3 is 9.47 Å². The SMILES string of the molecule is CCC1OC1CCc1cc(C(F)(F)F)ccc1OC. The Balaban J connectivity index is 2.08. The van der Waals surface area contributed by atoms with E-state index in [1.165, 1.54) is 19.2 Å². The van der Waals surface area contributed by atoms with E-state index in [4.69, 9.17) is 9.47 Å². The van der Waals surface area contributed by atoms with Crippen LogP contribution in [0.25, 0.3) is 0 Å². The summed E-state index contributed by atoms with van der Waals surface area (Å²) in [6.07, 6.45) is -1.64. The Bertz CT molecular complexity index is 443. The van der Waals surface area contributed by atoms with Crippen LogP contribution in [0.2, 0.25) is 0 Å². The van der Waals surface area contributed by atoms with Crippen LogP contribution >= 0.6 is 0 Å². The molecular weight excluding hydrogens is 257 g/mol. The van der Waals surface area contributed by atoms with Gasteiger partial charge in [0.25, 0.3) is 0 Å². The standard InChI is InChI=1S/C14H17F3O2/c1-3-11-13(19-11)6-4-9-8-10(14(15,16)17)5-7-12(9)18-2/h5,7-8,11,13H,3-4,6H2,1-2H3. The number of halogens is 3. The van der Waals surface area contributed by atoms with Gasteiger partial charge in [-0.3, -0.25) is 0 Å². The van der Waals surface area contributed by atoms with E-state index < -0.39 is 11.7 Å². The van der Waals surface area contributed by atoms with Crippen molar-refractivity contribution in [2.45, 2.75) is 44.6 Å². The second-order valence-electron chi connectivity index (χ2n) is 4.68. The molecule has 2 nitrogen and oxygen atoms in total. The van der Waals surface area contributed by atoms with Crippen LogP contribution in [0.4, 0.5) is 13.2 Å². The van der Waals surface area contributed by atoms with Crippen LogP contribution in [0.1, 0.15) is 30.9 Å². The van der Waals surface area contributed by atoms with E-state index in [0.717, 1.165) is 18.9 Å². The number of hydrogen-bond donors (Lipinski definition) is 0. The first-order valence-corrected chi connectivity index (χ1v) is 6.35. The molecule has 1 aromatic carbocycles. The topological polar surface area (TPSA) is 21.8 Å². The Morgan fingerprint density at radius 3 is 2.53 bits per heavy atom. The molecule has 0 radical (unpaired) electrons. The lowest BCUT2D eigenvalue weighted by Gasteiger charge is -2.12. The summed E-state index contributed by atoms with van der Waals surface area (Å²) in [6.45, 7) is 2.04. The summed E-state index contributed by atoms with van der Waals surface area (Å²) in [7, 11) is 1.47. The molecule has 0 bridgehead atoms. The minimum atomic E-state index is -4.32. The Labute approximate surface area is 110 Å². The van der Waals surface area contributed by atoms with E-state index in [0.29, 0.717) is 17.7 Å². The number of benzene rings is 1. The van der Waals surface area contributed by atoms with Crippen LogP contribution in [0, 0.1) is 0 Å². The van der Waals surface area contributed by atoms with Crippen molar-refractivity contribution in [3.63, 3.8) is 0 Å². The van der Waals surface area contributed by atoms with Gasteiger partial charge in [0.1, 0.15) is 5.75 Å². The van der Waals surface area contributed by atoms with E-state index in [1.54, 1.807) is 0 Å². The molecule has 0 amide bonds. The summed E-state index contributed by atoms with van der Waals surface area (Å²) >= 11 is 0. The van der Waals surface area contributed by atoms with E-state index in [-0.39, 0.29) is 12.2 Å². The van der Waals surface area contributed by atoms with Gasteiger partial charge in [-0.15, -0.1) is 0 Å². The second kappa shape index (κ2) is 5.41. The van der Waals surface area contributed by atoms with Crippen LogP contribution in [0.15, 0.2) is 18.2 Å². The largest absolute Gasteiger partial charge is 0.496 e. The molecule has 2 unspecified atom stereocenters. The van der Waals surface area contributed by atoms with Crippen molar-refractivity contribution in [1.82, 2.24) is 0 Å². The first kappa shape index (κ1) is 14.2. The van der Waals surface area contributed by atoms with Gasteiger partial charge >= 0.3 is 6.18 Å². The molecule has 2 rings (SSSR count). The minimum Gasteiger partial charge on any atom is -0.496 e. The van der Waals surface area contributed by atoms with E-state index >= 15 is 0 Å². The lowest BCUT2D eigenvalue weighted by Crippen LogP contribution is -2.07. The van der Waals surface area contributed by atoms with Crippen molar-refractivity contribution in [3.05, 3.63) is 29.3 Å². The molecule has 1 aliphatic rings. The lowest BCUT2D eigenvalue weighted by atomic mass is 10.0. The molecule has 19 heavy (non-hydrogen) atoms.